The molecule has 2 saturated heterocycles. The number of ether oxygens (including phenoxy) is 1. The largest absolute Gasteiger partial charge is 0.507 e. The monoisotopic (exact) mass is 713 g/mol. The van der Waals surface area contributed by atoms with Crippen LogP contribution in [0.3, 0.4) is 0 Å². The summed E-state index contributed by atoms with van der Waals surface area (Å²) in [5, 5.41) is 12.6. The lowest BCUT2D eigenvalue weighted by Crippen LogP contribution is -2.66. The molecule has 0 unspecified atom stereocenters. The van der Waals surface area contributed by atoms with Gasteiger partial charge < -0.3 is 14.3 Å². The van der Waals surface area contributed by atoms with Crippen molar-refractivity contribution in [2.75, 3.05) is 20.3 Å². The minimum Gasteiger partial charge on any atom is -0.507 e. The van der Waals surface area contributed by atoms with E-state index in [1.54, 1.807) is 13.1 Å². The zero-order valence-corrected chi connectivity index (χ0v) is 30.4. The van der Waals surface area contributed by atoms with E-state index < -0.39 is 8.32 Å². The average Bonchev–Trinajstić information content (AvgIpc) is 3.57. The average molecular weight is 715 g/mol. The molecule has 2 aliphatic heterocycles. The highest BCUT2D eigenvalue weighted by molar-refractivity contribution is 9.10. The Morgan fingerprint density at radius 1 is 1.00 bits per heavy atom. The number of carbonyl (C=O) groups excluding carboxylic acids is 2. The number of fused-ring (bicyclic) bond motifs is 3. The minimum atomic E-state index is -2.84. The van der Waals surface area contributed by atoms with E-state index in [1.807, 2.05) is 30.3 Å². The molecule has 1 N–H and O–H groups in total. The molecule has 0 aromatic heterocycles. The van der Waals surface area contributed by atoms with E-state index in [2.05, 4.69) is 92.2 Å². The molecular formula is C39H44BrNO5Si. The number of nitrogens with zero attached hydrogens (tertiary/aromatic N) is 1. The maximum absolute atomic E-state index is 13.4. The molecule has 246 valence electrons. The van der Waals surface area contributed by atoms with Crippen molar-refractivity contribution in [1.29, 1.82) is 0 Å². The van der Waals surface area contributed by atoms with E-state index in [4.69, 9.17) is 9.16 Å². The van der Waals surface area contributed by atoms with Crippen LogP contribution < -0.4 is 10.4 Å². The van der Waals surface area contributed by atoms with E-state index in [0.29, 0.717) is 19.6 Å². The van der Waals surface area contributed by atoms with Gasteiger partial charge in [-0.15, -0.1) is 0 Å². The number of rotatable bonds is 9. The third-order valence-electron chi connectivity index (χ3n) is 10.3. The van der Waals surface area contributed by atoms with Gasteiger partial charge in [0.25, 0.3) is 8.32 Å². The fourth-order valence-corrected chi connectivity index (χ4v) is 13.0. The van der Waals surface area contributed by atoms with E-state index in [1.165, 1.54) is 15.3 Å². The van der Waals surface area contributed by atoms with Crippen molar-refractivity contribution in [2.45, 2.75) is 58.1 Å². The van der Waals surface area contributed by atoms with Crippen molar-refractivity contribution < 1.29 is 23.9 Å². The normalized spacial score (nSPS) is 23.4. The van der Waals surface area contributed by atoms with Gasteiger partial charge in [0.05, 0.1) is 31.2 Å². The van der Waals surface area contributed by atoms with Crippen LogP contribution in [0.2, 0.25) is 5.04 Å². The molecule has 3 aromatic rings. The number of halogens is 1. The number of benzene rings is 3. The van der Waals surface area contributed by atoms with Crippen LogP contribution in [0.4, 0.5) is 0 Å². The van der Waals surface area contributed by atoms with Gasteiger partial charge in [0.15, 0.2) is 0 Å². The first kappa shape index (κ1) is 33.6. The predicted octanol–water partition coefficient (Wildman–Crippen LogP) is 6.86. The van der Waals surface area contributed by atoms with E-state index in [0.717, 1.165) is 39.6 Å². The number of amides is 2. The molecule has 2 fully saturated rings. The molecule has 1 aliphatic carbocycles. The van der Waals surface area contributed by atoms with Crippen LogP contribution in [0.5, 0.6) is 5.75 Å². The second-order valence-corrected chi connectivity index (χ2v) is 19.5. The number of allylic oxidation sites excluding steroid dienone is 1. The number of phenols is 1. The third-order valence-corrected chi connectivity index (χ3v) is 15.8. The molecule has 0 radical (unpaired) electrons. The van der Waals surface area contributed by atoms with Crippen LogP contribution in [0.1, 0.15) is 52.5 Å². The van der Waals surface area contributed by atoms with E-state index in [-0.39, 0.29) is 46.5 Å². The van der Waals surface area contributed by atoms with Crippen molar-refractivity contribution in [3.05, 3.63) is 106 Å². The minimum absolute atomic E-state index is 0.0973. The Morgan fingerprint density at radius 2 is 1.64 bits per heavy atom. The van der Waals surface area contributed by atoms with Crippen molar-refractivity contribution >= 4 is 52.5 Å². The van der Waals surface area contributed by atoms with Crippen molar-refractivity contribution in [3.63, 3.8) is 0 Å². The molecule has 3 aliphatic rings. The van der Waals surface area contributed by atoms with Gasteiger partial charge in [0.2, 0.25) is 11.8 Å². The van der Waals surface area contributed by atoms with Gasteiger partial charge in [0.1, 0.15) is 5.75 Å². The van der Waals surface area contributed by atoms with Crippen LogP contribution in [0, 0.1) is 17.8 Å². The first-order valence-electron chi connectivity index (χ1n) is 16.5. The number of aromatic hydroxyl groups is 1. The second kappa shape index (κ2) is 13.3. The first-order chi connectivity index (χ1) is 22.4. The Morgan fingerprint density at radius 3 is 2.26 bits per heavy atom. The van der Waals surface area contributed by atoms with Crippen LogP contribution in [-0.4, -0.2) is 56.5 Å². The summed E-state index contributed by atoms with van der Waals surface area (Å²) < 4.78 is 14.8. The molecule has 8 heteroatoms. The van der Waals surface area contributed by atoms with E-state index in [9.17, 15) is 14.7 Å². The topological polar surface area (TPSA) is 76.1 Å². The molecule has 4 atom stereocenters. The molecule has 0 bridgehead atoms. The smallest absolute Gasteiger partial charge is 0.261 e. The lowest BCUT2D eigenvalue weighted by Gasteiger charge is -2.44. The molecule has 6 rings (SSSR count). The van der Waals surface area contributed by atoms with Crippen LogP contribution in [0.15, 0.2) is 100 Å². The molecule has 2 amide bonds. The second-order valence-electron chi connectivity index (χ2n) is 14.2. The predicted molar refractivity (Wildman–Crippen MR) is 192 cm³/mol. The zero-order chi connectivity index (χ0) is 33.5. The fourth-order valence-electron chi connectivity index (χ4n) is 8.06. The fraction of sp³-hybridized carbons (Fsp3) is 0.385. The number of carbonyl (C=O) groups is 2. The quantitative estimate of drug-likeness (QED) is 0.149. The van der Waals surface area contributed by atoms with Gasteiger partial charge in [-0.05, 0) is 70.9 Å². The summed E-state index contributed by atoms with van der Waals surface area (Å²) in [6, 6.07) is 26.6. The van der Waals surface area contributed by atoms with Gasteiger partial charge >= 0.3 is 0 Å². The van der Waals surface area contributed by atoms with Crippen molar-refractivity contribution in [1.82, 2.24) is 4.90 Å². The zero-order valence-electron chi connectivity index (χ0n) is 27.8. The van der Waals surface area contributed by atoms with Gasteiger partial charge in [-0.3, -0.25) is 14.5 Å². The maximum atomic E-state index is 13.4. The number of hydrogen-bond donors (Lipinski definition) is 1. The molecular weight excluding hydrogens is 670 g/mol. The molecule has 0 spiro atoms. The first-order valence-corrected chi connectivity index (χ1v) is 19.2. The Labute approximate surface area is 287 Å². The Kier molecular flexibility index (Phi) is 9.51. The molecule has 47 heavy (non-hydrogen) atoms. The standard InChI is InChI=1S/C39H44BrNO5Si/c1-25(20-26-21-28(40)17-18-33(26)42)16-19-34-35-27(22-31-36(32(35)24-45-34)38(44)41(5)37(31)43)23-46-47(39(2,3)4,29-12-8-6-9-13-29)30-14-10-7-11-15-30/h6-15,17-18,20-21,31-32,34,36,42H,16,19,22-24H2,1-5H3/b25-20+/t31-,32+,34-,36-/m1/s1. The summed E-state index contributed by atoms with van der Waals surface area (Å²) in [7, 11) is -1.23. The highest BCUT2D eigenvalue weighted by Gasteiger charge is 2.57. The number of imide groups is 1. The summed E-state index contributed by atoms with van der Waals surface area (Å²) in [4.78, 5) is 28.1. The van der Waals surface area contributed by atoms with Crippen molar-refractivity contribution in [2.24, 2.45) is 17.8 Å². The Bertz CT molecular complexity index is 1670. The number of phenolic OH excluding ortho intramolecular Hbond substituents is 1. The maximum Gasteiger partial charge on any atom is 0.261 e. The number of likely N-dealkylation sites (tertiary alicyclic amines) is 1. The SMILES string of the molecule is C/C(=C\c1cc(Br)ccc1O)CC[C@H]1OC[C@H]2C1=C(CO[Si](c1ccccc1)(c1ccccc1)C(C)(C)C)C[C@H]1C(=O)N(C)C(=O)[C@H]12. The van der Waals surface area contributed by atoms with E-state index >= 15 is 0 Å². The molecule has 0 saturated carbocycles. The molecule has 6 nitrogen and oxygen atoms in total. The summed E-state index contributed by atoms with van der Waals surface area (Å²) in [6.07, 6.45) is 3.84. The summed E-state index contributed by atoms with van der Waals surface area (Å²) in [5.74, 6) is -0.877. The highest BCUT2D eigenvalue weighted by Crippen LogP contribution is 2.50. The van der Waals surface area contributed by atoms with Gasteiger partial charge in [-0.25, -0.2) is 0 Å². The summed E-state index contributed by atoms with van der Waals surface area (Å²) in [6.45, 7) is 9.68. The van der Waals surface area contributed by atoms with Crippen molar-refractivity contribution in [3.8, 4) is 5.75 Å². The number of hydrogen-bond acceptors (Lipinski definition) is 5. The molecule has 2 heterocycles. The lowest BCUT2D eigenvalue weighted by atomic mass is 9.69. The molecule has 3 aromatic carbocycles. The van der Waals surface area contributed by atoms with Crippen LogP contribution in [-0.2, 0) is 18.8 Å². The summed E-state index contributed by atoms with van der Waals surface area (Å²) >= 11 is 3.50. The van der Waals surface area contributed by atoms with Gasteiger partial charge in [-0.2, -0.15) is 0 Å². The van der Waals surface area contributed by atoms with Gasteiger partial charge in [-0.1, -0.05) is 109 Å². The van der Waals surface area contributed by atoms with Crippen LogP contribution >= 0.6 is 15.9 Å². The van der Waals surface area contributed by atoms with Crippen LogP contribution in [0.25, 0.3) is 6.08 Å². The van der Waals surface area contributed by atoms with Gasteiger partial charge in [0, 0.05) is 23.0 Å². The lowest BCUT2D eigenvalue weighted by molar-refractivity contribution is -0.138. The third kappa shape index (κ3) is 6.21. The Balaban J connectivity index is 1.37. The summed E-state index contributed by atoms with van der Waals surface area (Å²) in [5.41, 5.74) is 4.14. The highest BCUT2D eigenvalue weighted by atomic mass is 79.9. The Hall–Kier alpha value is -3.30.